The number of fused-ring (bicyclic) bond motifs is 1. The highest BCUT2D eigenvalue weighted by atomic mass is 32.1. The fourth-order valence-electron chi connectivity index (χ4n) is 2.78. The maximum Gasteiger partial charge on any atom is 0.261 e. The van der Waals surface area contributed by atoms with Gasteiger partial charge >= 0.3 is 0 Å². The van der Waals surface area contributed by atoms with Gasteiger partial charge < -0.3 is 14.8 Å². The van der Waals surface area contributed by atoms with E-state index in [2.05, 4.69) is 20.3 Å². The minimum absolute atomic E-state index is 0.118. The van der Waals surface area contributed by atoms with E-state index in [1.54, 1.807) is 19.4 Å². The maximum absolute atomic E-state index is 12.6. The highest BCUT2D eigenvalue weighted by molar-refractivity contribution is 7.20. The molecule has 0 bridgehead atoms. The number of aryl methyl sites for hydroxylation is 3. The zero-order valence-corrected chi connectivity index (χ0v) is 16.6. The van der Waals surface area contributed by atoms with Crippen LogP contribution in [0.5, 0.6) is 5.88 Å². The van der Waals surface area contributed by atoms with Crippen molar-refractivity contribution < 1.29 is 14.3 Å². The average molecular weight is 386 g/mol. The summed E-state index contributed by atoms with van der Waals surface area (Å²) in [6, 6.07) is 3.66. The van der Waals surface area contributed by atoms with Crippen LogP contribution in [0.2, 0.25) is 0 Å². The Labute approximate surface area is 161 Å². The minimum atomic E-state index is -0.118. The van der Waals surface area contributed by atoms with E-state index >= 15 is 0 Å². The quantitative estimate of drug-likeness (QED) is 0.628. The summed E-state index contributed by atoms with van der Waals surface area (Å²) >= 11 is 1.40. The third kappa shape index (κ3) is 4.40. The van der Waals surface area contributed by atoms with Gasteiger partial charge in [0.25, 0.3) is 5.91 Å². The molecule has 0 fully saturated rings. The molecular weight excluding hydrogens is 364 g/mol. The van der Waals surface area contributed by atoms with E-state index in [1.807, 2.05) is 26.8 Å². The number of hydrogen-bond acceptors (Lipinski definition) is 7. The predicted octanol–water partition coefficient (Wildman–Crippen LogP) is 2.97. The van der Waals surface area contributed by atoms with Crippen molar-refractivity contribution in [2.45, 2.75) is 27.3 Å². The lowest BCUT2D eigenvalue weighted by Crippen LogP contribution is -2.22. The van der Waals surface area contributed by atoms with Crippen LogP contribution >= 0.6 is 11.3 Å². The van der Waals surface area contributed by atoms with Crippen LogP contribution in [-0.4, -0.2) is 41.2 Å². The third-order valence-corrected chi connectivity index (χ3v) is 5.26. The molecule has 3 heterocycles. The molecule has 0 aliphatic carbocycles. The second-order valence-electron chi connectivity index (χ2n) is 6.12. The maximum atomic E-state index is 12.6. The summed E-state index contributed by atoms with van der Waals surface area (Å²) in [5.41, 5.74) is 2.72. The summed E-state index contributed by atoms with van der Waals surface area (Å²) in [6.45, 7) is 7.09. The highest BCUT2D eigenvalue weighted by Gasteiger charge is 2.18. The number of rotatable bonds is 7. The van der Waals surface area contributed by atoms with Crippen LogP contribution in [0.15, 0.2) is 18.3 Å². The van der Waals surface area contributed by atoms with Gasteiger partial charge in [0.2, 0.25) is 5.88 Å². The fraction of sp³-hybridized carbons (Fsp3) is 0.368. The van der Waals surface area contributed by atoms with Crippen molar-refractivity contribution in [3.05, 3.63) is 45.9 Å². The van der Waals surface area contributed by atoms with E-state index in [0.717, 1.165) is 27.0 Å². The van der Waals surface area contributed by atoms with Gasteiger partial charge in [0.1, 0.15) is 17.3 Å². The number of carbonyl (C=O) groups excluding carboxylic acids is 1. The van der Waals surface area contributed by atoms with Crippen LogP contribution in [-0.2, 0) is 11.3 Å². The van der Waals surface area contributed by atoms with Crippen molar-refractivity contribution in [3.63, 3.8) is 0 Å². The molecule has 3 aromatic heterocycles. The number of nitrogens with zero attached hydrogens (tertiary/aromatic N) is 3. The van der Waals surface area contributed by atoms with E-state index in [4.69, 9.17) is 9.47 Å². The van der Waals surface area contributed by atoms with Gasteiger partial charge in [-0.3, -0.25) is 4.79 Å². The number of aromatic nitrogens is 3. The number of methoxy groups -OCH3 is 1. The lowest BCUT2D eigenvalue weighted by molar-refractivity contribution is 0.0954. The molecule has 7 nitrogen and oxygen atoms in total. The standard InChI is InChI=1S/C19H22N4O3S/c1-11-16-12(2)22-13(3)23-19(16)27-17(11)18(24)21-10-14-5-6-15(20-9-14)26-8-7-25-4/h5-6,9H,7-8,10H2,1-4H3,(H,21,24). The van der Waals surface area contributed by atoms with Crippen molar-refractivity contribution in [2.75, 3.05) is 20.3 Å². The Balaban J connectivity index is 1.67. The van der Waals surface area contributed by atoms with Crippen molar-refractivity contribution in [1.29, 1.82) is 0 Å². The Bertz CT molecular complexity index is 954. The van der Waals surface area contributed by atoms with E-state index in [-0.39, 0.29) is 5.91 Å². The molecule has 1 N–H and O–H groups in total. The van der Waals surface area contributed by atoms with E-state index in [1.165, 1.54) is 11.3 Å². The predicted molar refractivity (Wildman–Crippen MR) is 104 cm³/mol. The molecule has 0 unspecified atom stereocenters. The van der Waals surface area contributed by atoms with Gasteiger partial charge in [0.05, 0.1) is 11.5 Å². The second-order valence-corrected chi connectivity index (χ2v) is 7.12. The molecule has 8 heteroatoms. The molecule has 0 saturated carbocycles. The fourth-order valence-corrected chi connectivity index (χ4v) is 3.98. The summed E-state index contributed by atoms with van der Waals surface area (Å²) in [6.07, 6.45) is 1.69. The molecule has 1 amide bonds. The van der Waals surface area contributed by atoms with Crippen LogP contribution in [0.4, 0.5) is 0 Å². The molecule has 3 aromatic rings. The van der Waals surface area contributed by atoms with Crippen molar-refractivity contribution in [2.24, 2.45) is 0 Å². The van der Waals surface area contributed by atoms with Gasteiger partial charge in [-0.25, -0.2) is 15.0 Å². The number of nitrogens with one attached hydrogen (secondary N) is 1. The molecule has 0 aliphatic heterocycles. The monoisotopic (exact) mass is 386 g/mol. The van der Waals surface area contributed by atoms with Crippen molar-refractivity contribution in [3.8, 4) is 5.88 Å². The number of pyridine rings is 1. The van der Waals surface area contributed by atoms with Crippen molar-refractivity contribution >= 4 is 27.5 Å². The molecule has 3 rings (SSSR count). The molecule has 0 aromatic carbocycles. The lowest BCUT2D eigenvalue weighted by Gasteiger charge is -2.07. The van der Waals surface area contributed by atoms with Gasteiger partial charge in [-0.15, -0.1) is 11.3 Å². The topological polar surface area (TPSA) is 86.2 Å². The van der Waals surface area contributed by atoms with Crippen LogP contribution in [0, 0.1) is 20.8 Å². The molecule has 27 heavy (non-hydrogen) atoms. The number of thiophene rings is 1. The molecular formula is C19H22N4O3S. The minimum Gasteiger partial charge on any atom is -0.475 e. The molecule has 0 saturated heterocycles. The van der Waals surface area contributed by atoms with Crippen LogP contribution < -0.4 is 10.1 Å². The zero-order valence-electron chi connectivity index (χ0n) is 15.8. The first kappa shape index (κ1) is 19.2. The van der Waals surface area contributed by atoms with Crippen molar-refractivity contribution in [1.82, 2.24) is 20.3 Å². The Morgan fingerprint density at radius 3 is 2.70 bits per heavy atom. The third-order valence-electron chi connectivity index (χ3n) is 4.08. The van der Waals surface area contributed by atoms with E-state index < -0.39 is 0 Å². The normalized spacial score (nSPS) is 11.0. The molecule has 0 spiro atoms. The number of ether oxygens (including phenoxy) is 2. The largest absolute Gasteiger partial charge is 0.475 e. The second kappa shape index (κ2) is 8.41. The van der Waals surface area contributed by atoms with Gasteiger partial charge in [0, 0.05) is 37.0 Å². The van der Waals surface area contributed by atoms with E-state index in [9.17, 15) is 4.79 Å². The van der Waals surface area contributed by atoms with Crippen LogP contribution in [0.3, 0.4) is 0 Å². The Hall–Kier alpha value is -2.58. The van der Waals surface area contributed by atoms with Gasteiger partial charge in [-0.2, -0.15) is 0 Å². The summed E-state index contributed by atoms with van der Waals surface area (Å²) in [5.74, 6) is 1.13. The Morgan fingerprint density at radius 2 is 2.00 bits per heavy atom. The van der Waals surface area contributed by atoms with E-state index in [0.29, 0.717) is 36.3 Å². The number of amides is 1. The first-order valence-corrected chi connectivity index (χ1v) is 9.40. The first-order chi connectivity index (χ1) is 13.0. The molecule has 142 valence electrons. The molecule has 0 radical (unpaired) electrons. The summed E-state index contributed by atoms with van der Waals surface area (Å²) in [4.78, 5) is 27.2. The van der Waals surface area contributed by atoms with Gasteiger partial charge in [-0.05, 0) is 31.9 Å². The average Bonchev–Trinajstić information content (AvgIpc) is 2.97. The molecule has 0 aliphatic rings. The van der Waals surface area contributed by atoms with Crippen LogP contribution in [0.25, 0.3) is 10.2 Å². The Morgan fingerprint density at radius 1 is 1.19 bits per heavy atom. The zero-order chi connectivity index (χ0) is 19.4. The van der Waals surface area contributed by atoms with Crippen LogP contribution in [0.1, 0.15) is 32.3 Å². The van der Waals surface area contributed by atoms with Gasteiger partial charge in [0.15, 0.2) is 0 Å². The SMILES string of the molecule is COCCOc1ccc(CNC(=O)c2sc3nc(C)nc(C)c3c2C)cn1. The summed E-state index contributed by atoms with van der Waals surface area (Å²) in [5, 5.41) is 3.91. The summed E-state index contributed by atoms with van der Waals surface area (Å²) < 4.78 is 10.4. The highest BCUT2D eigenvalue weighted by Crippen LogP contribution is 2.31. The molecule has 0 atom stereocenters. The smallest absolute Gasteiger partial charge is 0.261 e. The van der Waals surface area contributed by atoms with Gasteiger partial charge in [-0.1, -0.05) is 6.07 Å². The number of carbonyl (C=O) groups is 1. The summed E-state index contributed by atoms with van der Waals surface area (Å²) in [7, 11) is 1.62. The lowest BCUT2D eigenvalue weighted by atomic mass is 10.1. The Kier molecular flexibility index (Phi) is 5.98. The first-order valence-electron chi connectivity index (χ1n) is 8.58. The number of hydrogen-bond donors (Lipinski definition) is 1.